The van der Waals surface area contributed by atoms with E-state index in [1.54, 1.807) is 0 Å². The lowest BCUT2D eigenvalue weighted by atomic mass is 10.0. The fourth-order valence-electron chi connectivity index (χ4n) is 1.00. The molecule has 0 aliphatic rings. The minimum atomic E-state index is -4.29. The smallest absolute Gasteiger partial charge is 0.303 e. The maximum Gasteiger partial charge on any atom is 0.469 e. The SMILES string of the molecule is CCC(CC(C)C)OP(=O)(O)O. The van der Waals surface area contributed by atoms with Gasteiger partial charge in [-0.05, 0) is 18.8 Å². The van der Waals surface area contributed by atoms with E-state index in [0.717, 1.165) is 0 Å². The highest BCUT2D eigenvalue weighted by Crippen LogP contribution is 2.39. The van der Waals surface area contributed by atoms with E-state index in [9.17, 15) is 4.57 Å². The molecule has 0 rings (SSSR count). The summed E-state index contributed by atoms with van der Waals surface area (Å²) < 4.78 is 15.0. The van der Waals surface area contributed by atoms with Crippen LogP contribution in [-0.2, 0) is 9.09 Å². The van der Waals surface area contributed by atoms with Crippen molar-refractivity contribution in [1.82, 2.24) is 0 Å². The van der Waals surface area contributed by atoms with E-state index in [2.05, 4.69) is 4.52 Å². The Hall–Kier alpha value is 0.110. The van der Waals surface area contributed by atoms with Gasteiger partial charge >= 0.3 is 7.82 Å². The second-order valence-electron chi connectivity index (χ2n) is 3.26. The van der Waals surface area contributed by atoms with E-state index in [-0.39, 0.29) is 6.10 Å². The second-order valence-corrected chi connectivity index (χ2v) is 4.45. The molecule has 0 saturated heterocycles. The van der Waals surface area contributed by atoms with Crippen molar-refractivity contribution < 1.29 is 18.9 Å². The highest BCUT2D eigenvalue weighted by atomic mass is 31.2. The molecule has 74 valence electrons. The van der Waals surface area contributed by atoms with Gasteiger partial charge in [0.2, 0.25) is 0 Å². The number of phosphoric acid groups is 1. The van der Waals surface area contributed by atoms with Crippen molar-refractivity contribution >= 4 is 7.82 Å². The summed E-state index contributed by atoms with van der Waals surface area (Å²) in [6, 6.07) is 0. The molecule has 5 heteroatoms. The average molecular weight is 196 g/mol. The Kier molecular flexibility index (Phi) is 5.02. The zero-order valence-corrected chi connectivity index (χ0v) is 8.62. The van der Waals surface area contributed by atoms with Crippen molar-refractivity contribution in [1.29, 1.82) is 0 Å². The van der Waals surface area contributed by atoms with Crippen LogP contribution in [0.15, 0.2) is 0 Å². The number of rotatable bonds is 5. The van der Waals surface area contributed by atoms with Gasteiger partial charge in [0.05, 0.1) is 6.10 Å². The van der Waals surface area contributed by atoms with Crippen LogP contribution in [0.5, 0.6) is 0 Å². The van der Waals surface area contributed by atoms with E-state index < -0.39 is 7.82 Å². The molecule has 0 radical (unpaired) electrons. The number of hydrogen-bond donors (Lipinski definition) is 2. The van der Waals surface area contributed by atoms with Crippen LogP contribution in [-0.4, -0.2) is 15.9 Å². The molecule has 0 spiro atoms. The Morgan fingerprint density at radius 1 is 1.42 bits per heavy atom. The molecule has 0 heterocycles. The first-order valence-electron chi connectivity index (χ1n) is 4.09. The number of hydrogen-bond acceptors (Lipinski definition) is 2. The van der Waals surface area contributed by atoms with Crippen molar-refractivity contribution in [3.05, 3.63) is 0 Å². The zero-order valence-electron chi connectivity index (χ0n) is 7.73. The third-order valence-electron chi connectivity index (χ3n) is 1.48. The molecule has 0 amide bonds. The second kappa shape index (κ2) is 4.97. The average Bonchev–Trinajstić information content (AvgIpc) is 1.82. The summed E-state index contributed by atoms with van der Waals surface area (Å²) in [5.41, 5.74) is 0. The van der Waals surface area contributed by atoms with Crippen LogP contribution in [0.25, 0.3) is 0 Å². The summed E-state index contributed by atoms with van der Waals surface area (Å²) in [4.78, 5) is 17.0. The van der Waals surface area contributed by atoms with Crippen molar-refractivity contribution in [3.63, 3.8) is 0 Å². The minimum absolute atomic E-state index is 0.328. The largest absolute Gasteiger partial charge is 0.469 e. The van der Waals surface area contributed by atoms with Crippen molar-refractivity contribution in [2.75, 3.05) is 0 Å². The molecular formula is C7H17O4P. The molecule has 0 aliphatic carbocycles. The summed E-state index contributed by atoms with van der Waals surface area (Å²) >= 11 is 0. The van der Waals surface area contributed by atoms with Gasteiger partial charge in [0.1, 0.15) is 0 Å². The minimum Gasteiger partial charge on any atom is -0.303 e. The molecule has 0 aromatic carbocycles. The van der Waals surface area contributed by atoms with E-state index in [0.29, 0.717) is 18.8 Å². The van der Waals surface area contributed by atoms with Crippen LogP contribution in [0.3, 0.4) is 0 Å². The summed E-state index contributed by atoms with van der Waals surface area (Å²) in [7, 11) is -4.29. The fourth-order valence-corrected chi connectivity index (χ4v) is 1.63. The summed E-state index contributed by atoms with van der Waals surface area (Å²) in [5, 5.41) is 0. The fraction of sp³-hybridized carbons (Fsp3) is 1.00. The van der Waals surface area contributed by atoms with Crippen molar-refractivity contribution in [2.45, 2.75) is 39.7 Å². The lowest BCUT2D eigenvalue weighted by molar-refractivity contribution is 0.114. The first-order chi connectivity index (χ1) is 5.35. The van der Waals surface area contributed by atoms with Crippen LogP contribution in [0, 0.1) is 5.92 Å². The Bertz CT molecular complexity index is 163. The van der Waals surface area contributed by atoms with Gasteiger partial charge in [0, 0.05) is 0 Å². The number of phosphoric ester groups is 1. The summed E-state index contributed by atoms with van der Waals surface area (Å²) in [6.07, 6.45) is 0.982. The Morgan fingerprint density at radius 2 is 1.92 bits per heavy atom. The molecule has 1 unspecified atom stereocenters. The summed E-state index contributed by atoms with van der Waals surface area (Å²) in [5.74, 6) is 0.390. The van der Waals surface area contributed by atoms with Gasteiger partial charge in [-0.1, -0.05) is 20.8 Å². The van der Waals surface area contributed by atoms with Crippen LogP contribution < -0.4 is 0 Å². The maximum atomic E-state index is 10.5. The Balaban J connectivity index is 3.92. The first kappa shape index (κ1) is 12.1. The van der Waals surface area contributed by atoms with Crippen LogP contribution in [0.4, 0.5) is 0 Å². The van der Waals surface area contributed by atoms with Gasteiger partial charge in [-0.3, -0.25) is 4.52 Å². The van der Waals surface area contributed by atoms with E-state index in [1.165, 1.54) is 0 Å². The van der Waals surface area contributed by atoms with Crippen LogP contribution >= 0.6 is 7.82 Å². The first-order valence-corrected chi connectivity index (χ1v) is 5.62. The lowest BCUT2D eigenvalue weighted by Gasteiger charge is -2.17. The Labute approximate surface area is 73.2 Å². The van der Waals surface area contributed by atoms with Crippen molar-refractivity contribution in [2.24, 2.45) is 5.92 Å². The van der Waals surface area contributed by atoms with Gasteiger partial charge in [-0.15, -0.1) is 0 Å². The molecular weight excluding hydrogens is 179 g/mol. The van der Waals surface area contributed by atoms with Crippen LogP contribution in [0.1, 0.15) is 33.6 Å². The zero-order chi connectivity index (χ0) is 9.78. The molecule has 0 aromatic rings. The molecule has 0 bridgehead atoms. The topological polar surface area (TPSA) is 66.8 Å². The van der Waals surface area contributed by atoms with Gasteiger partial charge in [0.15, 0.2) is 0 Å². The molecule has 1 atom stereocenters. The highest BCUT2D eigenvalue weighted by molar-refractivity contribution is 7.46. The molecule has 0 aliphatic heterocycles. The van der Waals surface area contributed by atoms with E-state index in [1.807, 2.05) is 20.8 Å². The molecule has 0 fully saturated rings. The molecule has 4 nitrogen and oxygen atoms in total. The van der Waals surface area contributed by atoms with Crippen LogP contribution in [0.2, 0.25) is 0 Å². The molecule has 0 aromatic heterocycles. The third kappa shape index (κ3) is 6.80. The standard InChI is InChI=1S/C7H17O4P/c1-4-7(5-6(2)3)11-12(8,9)10/h6-7H,4-5H2,1-3H3,(H2,8,9,10). The van der Waals surface area contributed by atoms with Crippen molar-refractivity contribution in [3.8, 4) is 0 Å². The molecule has 0 saturated carbocycles. The van der Waals surface area contributed by atoms with Gasteiger partial charge in [-0.2, -0.15) is 0 Å². The van der Waals surface area contributed by atoms with E-state index in [4.69, 9.17) is 9.79 Å². The molecule has 2 N–H and O–H groups in total. The highest BCUT2D eigenvalue weighted by Gasteiger charge is 2.21. The quantitative estimate of drug-likeness (QED) is 0.659. The lowest BCUT2D eigenvalue weighted by Crippen LogP contribution is -2.12. The summed E-state index contributed by atoms with van der Waals surface area (Å²) in [6.45, 7) is 5.83. The predicted octanol–water partition coefficient (Wildman–Crippen LogP) is 1.92. The predicted molar refractivity (Wildman–Crippen MR) is 46.7 cm³/mol. The molecule has 12 heavy (non-hydrogen) atoms. The normalized spacial score (nSPS) is 15.2. The monoisotopic (exact) mass is 196 g/mol. The maximum absolute atomic E-state index is 10.5. The Morgan fingerprint density at radius 3 is 2.17 bits per heavy atom. The third-order valence-corrected chi connectivity index (χ3v) is 2.05. The van der Waals surface area contributed by atoms with Gasteiger partial charge in [0.25, 0.3) is 0 Å². The van der Waals surface area contributed by atoms with E-state index >= 15 is 0 Å². The van der Waals surface area contributed by atoms with Gasteiger partial charge in [-0.25, -0.2) is 4.57 Å². The van der Waals surface area contributed by atoms with Gasteiger partial charge < -0.3 is 9.79 Å².